The summed E-state index contributed by atoms with van der Waals surface area (Å²) in [6, 6.07) is 2.15. The van der Waals surface area contributed by atoms with Crippen molar-refractivity contribution in [2.75, 3.05) is 11.9 Å². The van der Waals surface area contributed by atoms with Gasteiger partial charge in [0.25, 0.3) is 0 Å². The molecule has 0 fully saturated rings. The molecule has 1 unspecified atom stereocenters. The van der Waals surface area contributed by atoms with Gasteiger partial charge >= 0.3 is 0 Å². The van der Waals surface area contributed by atoms with Crippen molar-refractivity contribution < 1.29 is 0 Å². The fraction of sp³-hybridized carbons (Fsp3) is 0.357. The number of nitrogens with one attached hydrogen (secondary N) is 1. The highest BCUT2D eigenvalue weighted by Crippen LogP contribution is 2.30. The molecular formula is C14H15ClN4S2. The highest BCUT2D eigenvalue weighted by Gasteiger charge is 2.13. The number of aromatic nitrogens is 3. The molecule has 0 aliphatic heterocycles. The number of thiophene rings is 1. The number of aryl methyl sites for hydroxylation is 1. The molecule has 4 nitrogen and oxygen atoms in total. The van der Waals surface area contributed by atoms with Crippen LogP contribution in [0, 0.1) is 0 Å². The average molecular weight is 339 g/mol. The van der Waals surface area contributed by atoms with Crippen LogP contribution in [0.25, 0.3) is 10.2 Å². The fourth-order valence-corrected chi connectivity index (χ4v) is 3.95. The van der Waals surface area contributed by atoms with E-state index in [0.29, 0.717) is 5.92 Å². The lowest BCUT2D eigenvalue weighted by Crippen LogP contribution is -2.11. The maximum Gasteiger partial charge on any atom is 0.225 e. The van der Waals surface area contributed by atoms with Crippen molar-refractivity contribution in [3.8, 4) is 0 Å². The van der Waals surface area contributed by atoms with E-state index < -0.39 is 0 Å². The normalized spacial score (nSPS) is 12.7. The van der Waals surface area contributed by atoms with E-state index in [2.05, 4.69) is 40.2 Å². The Morgan fingerprint density at radius 2 is 2.24 bits per heavy atom. The number of nitrogens with zero attached hydrogens (tertiary/aromatic N) is 3. The Labute approximate surface area is 136 Å². The number of rotatable bonds is 5. The zero-order valence-electron chi connectivity index (χ0n) is 11.8. The second-order valence-electron chi connectivity index (χ2n) is 4.78. The molecule has 0 radical (unpaired) electrons. The van der Waals surface area contributed by atoms with Crippen LogP contribution in [0.5, 0.6) is 0 Å². The summed E-state index contributed by atoms with van der Waals surface area (Å²) in [5, 5.41) is 7.85. The quantitative estimate of drug-likeness (QED) is 0.692. The Hall–Kier alpha value is -1.24. The minimum atomic E-state index is 0.288. The molecule has 0 aromatic carbocycles. The first-order chi connectivity index (χ1) is 10.2. The van der Waals surface area contributed by atoms with Crippen molar-refractivity contribution in [2.24, 2.45) is 0 Å². The Balaban J connectivity index is 1.84. The van der Waals surface area contributed by atoms with Crippen molar-refractivity contribution >= 4 is 50.3 Å². The lowest BCUT2D eigenvalue weighted by atomic mass is 10.2. The Morgan fingerprint density at radius 3 is 2.95 bits per heavy atom. The molecule has 0 bridgehead atoms. The third-order valence-electron chi connectivity index (χ3n) is 3.21. The van der Waals surface area contributed by atoms with Gasteiger partial charge in [-0.15, -0.1) is 22.7 Å². The molecule has 3 aromatic rings. The molecule has 0 saturated heterocycles. The number of halogens is 1. The van der Waals surface area contributed by atoms with Gasteiger partial charge in [-0.05, 0) is 24.1 Å². The van der Waals surface area contributed by atoms with Crippen molar-refractivity contribution in [2.45, 2.75) is 26.2 Å². The molecule has 3 aromatic heterocycles. The monoisotopic (exact) mass is 338 g/mol. The van der Waals surface area contributed by atoms with Crippen LogP contribution < -0.4 is 5.32 Å². The van der Waals surface area contributed by atoms with Gasteiger partial charge in [0.2, 0.25) is 5.28 Å². The lowest BCUT2D eigenvalue weighted by Gasteiger charge is -2.11. The number of hydrogen-bond acceptors (Lipinski definition) is 6. The van der Waals surface area contributed by atoms with Gasteiger partial charge in [-0.25, -0.2) is 15.0 Å². The SMILES string of the molecule is CCc1cc2c(NCC(C)c3nccs3)nc(Cl)nc2s1. The number of anilines is 1. The first-order valence-electron chi connectivity index (χ1n) is 6.76. The van der Waals surface area contributed by atoms with E-state index >= 15 is 0 Å². The minimum Gasteiger partial charge on any atom is -0.369 e. The van der Waals surface area contributed by atoms with Crippen molar-refractivity contribution in [3.63, 3.8) is 0 Å². The second-order valence-corrected chi connectivity index (χ2v) is 7.16. The molecule has 3 rings (SSSR count). The van der Waals surface area contributed by atoms with Gasteiger partial charge < -0.3 is 5.32 Å². The summed E-state index contributed by atoms with van der Waals surface area (Å²) >= 11 is 9.37. The summed E-state index contributed by atoms with van der Waals surface area (Å²) in [6.07, 6.45) is 2.83. The smallest absolute Gasteiger partial charge is 0.225 e. The van der Waals surface area contributed by atoms with E-state index in [1.807, 2.05) is 11.6 Å². The maximum atomic E-state index is 6.03. The molecule has 0 spiro atoms. The van der Waals surface area contributed by atoms with Gasteiger partial charge in [-0.2, -0.15) is 0 Å². The van der Waals surface area contributed by atoms with E-state index in [1.54, 1.807) is 22.7 Å². The molecule has 110 valence electrons. The Kier molecular flexibility index (Phi) is 4.37. The van der Waals surface area contributed by atoms with Crippen molar-refractivity contribution in [1.82, 2.24) is 15.0 Å². The molecule has 1 N–H and O–H groups in total. The summed E-state index contributed by atoms with van der Waals surface area (Å²) in [5.41, 5.74) is 0. The molecule has 0 aliphatic carbocycles. The van der Waals surface area contributed by atoms with Gasteiger partial charge in [0, 0.05) is 28.9 Å². The standard InChI is InChI=1S/C14H15ClN4S2/c1-3-9-6-10-11(18-14(15)19-13(10)21-9)17-7-8(2)12-16-4-5-20-12/h4-6,8H,3,7H2,1-2H3,(H,17,18,19). The van der Waals surface area contributed by atoms with Crippen LogP contribution in [0.2, 0.25) is 5.28 Å². The van der Waals surface area contributed by atoms with E-state index in [0.717, 1.165) is 34.0 Å². The third kappa shape index (κ3) is 3.17. The minimum absolute atomic E-state index is 0.288. The van der Waals surface area contributed by atoms with E-state index in [9.17, 15) is 0 Å². The van der Waals surface area contributed by atoms with Crippen molar-refractivity contribution in [1.29, 1.82) is 0 Å². The molecule has 0 aliphatic rings. The maximum absolute atomic E-state index is 6.03. The van der Waals surface area contributed by atoms with Crippen LogP contribution in [0.3, 0.4) is 0 Å². The first kappa shape index (κ1) is 14.7. The van der Waals surface area contributed by atoms with Gasteiger partial charge in [-0.1, -0.05) is 13.8 Å². The first-order valence-corrected chi connectivity index (χ1v) is 8.84. The lowest BCUT2D eigenvalue weighted by molar-refractivity contribution is 0.792. The van der Waals surface area contributed by atoms with Gasteiger partial charge in [0.05, 0.1) is 10.4 Å². The second kappa shape index (κ2) is 6.25. The third-order valence-corrected chi connectivity index (χ3v) is 5.56. The van der Waals surface area contributed by atoms with Gasteiger partial charge in [-0.3, -0.25) is 0 Å². The molecule has 1 atom stereocenters. The zero-order chi connectivity index (χ0) is 14.8. The Morgan fingerprint density at radius 1 is 1.38 bits per heavy atom. The molecule has 21 heavy (non-hydrogen) atoms. The summed E-state index contributed by atoms with van der Waals surface area (Å²) in [7, 11) is 0. The summed E-state index contributed by atoms with van der Waals surface area (Å²) in [4.78, 5) is 15.2. The van der Waals surface area contributed by atoms with E-state index in [4.69, 9.17) is 11.6 Å². The average Bonchev–Trinajstić information content (AvgIpc) is 3.12. The van der Waals surface area contributed by atoms with Crippen molar-refractivity contribution in [3.05, 3.63) is 32.8 Å². The summed E-state index contributed by atoms with van der Waals surface area (Å²) < 4.78 is 0. The van der Waals surface area contributed by atoms with Crippen LogP contribution in [-0.2, 0) is 6.42 Å². The largest absolute Gasteiger partial charge is 0.369 e. The number of hydrogen-bond donors (Lipinski definition) is 1. The van der Waals surface area contributed by atoms with Gasteiger partial charge in [0.15, 0.2) is 0 Å². The topological polar surface area (TPSA) is 50.7 Å². The molecular weight excluding hydrogens is 324 g/mol. The van der Waals surface area contributed by atoms with Crippen LogP contribution in [0.15, 0.2) is 17.6 Å². The van der Waals surface area contributed by atoms with Crippen LogP contribution in [-0.4, -0.2) is 21.5 Å². The van der Waals surface area contributed by atoms with Crippen LogP contribution >= 0.6 is 34.3 Å². The summed E-state index contributed by atoms with van der Waals surface area (Å²) in [5.74, 6) is 1.14. The zero-order valence-corrected chi connectivity index (χ0v) is 14.1. The van der Waals surface area contributed by atoms with Crippen LogP contribution in [0.4, 0.5) is 5.82 Å². The van der Waals surface area contributed by atoms with E-state index in [1.165, 1.54) is 4.88 Å². The van der Waals surface area contributed by atoms with Gasteiger partial charge in [0.1, 0.15) is 10.6 Å². The molecule has 0 saturated carbocycles. The fourth-order valence-electron chi connectivity index (χ4n) is 2.07. The van der Waals surface area contributed by atoms with E-state index in [-0.39, 0.29) is 5.28 Å². The predicted molar refractivity (Wildman–Crippen MR) is 90.8 cm³/mol. The number of thiazole rings is 1. The highest BCUT2D eigenvalue weighted by molar-refractivity contribution is 7.18. The summed E-state index contributed by atoms with van der Waals surface area (Å²) in [6.45, 7) is 5.06. The van der Waals surface area contributed by atoms with Crippen LogP contribution in [0.1, 0.15) is 29.7 Å². The molecule has 3 heterocycles. The Bertz CT molecular complexity index is 739. The predicted octanol–water partition coefficient (Wildman–Crippen LogP) is 4.58. The highest BCUT2D eigenvalue weighted by atomic mass is 35.5. The molecule has 0 amide bonds. The molecule has 7 heteroatoms. The number of fused-ring (bicyclic) bond motifs is 1.